The molecular weight excluding hydrogens is 210 g/mol. The van der Waals surface area contributed by atoms with Crippen molar-refractivity contribution in [2.24, 2.45) is 7.05 Å². The van der Waals surface area contributed by atoms with E-state index in [1.54, 1.807) is 0 Å². The van der Waals surface area contributed by atoms with E-state index in [4.69, 9.17) is 0 Å². The largest absolute Gasteiger partial charge is 0.316 e. The highest BCUT2D eigenvalue weighted by Gasteiger charge is 2.09. The summed E-state index contributed by atoms with van der Waals surface area (Å²) in [5.74, 6) is 0. The van der Waals surface area contributed by atoms with E-state index in [0.29, 0.717) is 0 Å². The minimum Gasteiger partial charge on any atom is -0.316 e. The van der Waals surface area contributed by atoms with Crippen molar-refractivity contribution >= 4 is 0 Å². The lowest BCUT2D eigenvalue weighted by Crippen LogP contribution is -2.05. The van der Waals surface area contributed by atoms with Crippen LogP contribution in [0.25, 0.3) is 11.1 Å². The predicted molar refractivity (Wildman–Crippen MR) is 70.9 cm³/mol. The fraction of sp³-hybridized carbons (Fsp3) is 0.357. The SMILES string of the molecule is CNCc1ccc(C)c(-c2cnn(C)c2C)c1. The molecule has 3 heteroatoms. The zero-order valence-electron chi connectivity index (χ0n) is 10.9. The highest BCUT2D eigenvalue weighted by molar-refractivity contribution is 5.69. The molecule has 0 saturated carbocycles. The Balaban J connectivity index is 2.50. The van der Waals surface area contributed by atoms with E-state index in [2.05, 4.69) is 42.5 Å². The summed E-state index contributed by atoms with van der Waals surface area (Å²) in [6.07, 6.45) is 1.95. The first kappa shape index (κ1) is 11.9. The normalized spacial score (nSPS) is 10.8. The van der Waals surface area contributed by atoms with Crippen LogP contribution in [0.2, 0.25) is 0 Å². The van der Waals surface area contributed by atoms with Crippen LogP contribution >= 0.6 is 0 Å². The van der Waals surface area contributed by atoms with Gasteiger partial charge in [0.05, 0.1) is 6.20 Å². The van der Waals surface area contributed by atoms with Crippen molar-refractivity contribution in [3.63, 3.8) is 0 Å². The highest BCUT2D eigenvalue weighted by atomic mass is 15.3. The average molecular weight is 229 g/mol. The molecular formula is C14H19N3. The molecule has 90 valence electrons. The Morgan fingerprint density at radius 1 is 1.24 bits per heavy atom. The number of nitrogens with one attached hydrogen (secondary N) is 1. The van der Waals surface area contributed by atoms with Gasteiger partial charge >= 0.3 is 0 Å². The van der Waals surface area contributed by atoms with Crippen molar-refractivity contribution < 1.29 is 0 Å². The quantitative estimate of drug-likeness (QED) is 0.876. The molecule has 0 radical (unpaired) electrons. The van der Waals surface area contributed by atoms with Crippen molar-refractivity contribution in [1.29, 1.82) is 0 Å². The fourth-order valence-corrected chi connectivity index (χ4v) is 2.04. The summed E-state index contributed by atoms with van der Waals surface area (Å²) < 4.78 is 1.92. The lowest BCUT2D eigenvalue weighted by Gasteiger charge is -2.08. The molecule has 2 aromatic rings. The molecule has 0 unspecified atom stereocenters. The molecule has 3 nitrogen and oxygen atoms in total. The van der Waals surface area contributed by atoms with Gasteiger partial charge in [0.2, 0.25) is 0 Å². The maximum absolute atomic E-state index is 4.31. The molecule has 17 heavy (non-hydrogen) atoms. The van der Waals surface area contributed by atoms with Crippen LogP contribution in [-0.4, -0.2) is 16.8 Å². The van der Waals surface area contributed by atoms with Gasteiger partial charge in [-0.15, -0.1) is 0 Å². The van der Waals surface area contributed by atoms with Crippen LogP contribution in [0.5, 0.6) is 0 Å². The Kier molecular flexibility index (Phi) is 3.29. The number of hydrogen-bond acceptors (Lipinski definition) is 2. The molecule has 0 bridgehead atoms. The molecule has 0 saturated heterocycles. The van der Waals surface area contributed by atoms with E-state index in [9.17, 15) is 0 Å². The minimum atomic E-state index is 0.895. The fourth-order valence-electron chi connectivity index (χ4n) is 2.04. The molecule has 1 aromatic carbocycles. The topological polar surface area (TPSA) is 29.9 Å². The molecule has 1 aromatic heterocycles. The maximum Gasteiger partial charge on any atom is 0.0571 e. The second-order valence-electron chi connectivity index (χ2n) is 4.45. The average Bonchev–Trinajstić information content (AvgIpc) is 2.63. The Morgan fingerprint density at radius 2 is 2.00 bits per heavy atom. The van der Waals surface area contributed by atoms with Gasteiger partial charge in [-0.05, 0) is 43.7 Å². The number of rotatable bonds is 3. The minimum absolute atomic E-state index is 0.895. The van der Waals surface area contributed by atoms with Crippen LogP contribution in [0, 0.1) is 13.8 Å². The van der Waals surface area contributed by atoms with Crippen LogP contribution < -0.4 is 5.32 Å². The smallest absolute Gasteiger partial charge is 0.0571 e. The first-order valence-electron chi connectivity index (χ1n) is 5.86. The van der Waals surface area contributed by atoms with Gasteiger partial charge in [-0.2, -0.15) is 5.10 Å². The van der Waals surface area contributed by atoms with E-state index in [-0.39, 0.29) is 0 Å². The molecule has 0 aliphatic rings. The third-order valence-electron chi connectivity index (χ3n) is 3.21. The molecule has 0 aliphatic carbocycles. The summed E-state index contributed by atoms with van der Waals surface area (Å²) in [6, 6.07) is 6.59. The second kappa shape index (κ2) is 4.72. The number of nitrogens with zero attached hydrogens (tertiary/aromatic N) is 2. The van der Waals surface area contributed by atoms with Gasteiger partial charge < -0.3 is 5.32 Å². The van der Waals surface area contributed by atoms with Gasteiger partial charge in [0.15, 0.2) is 0 Å². The zero-order chi connectivity index (χ0) is 12.4. The molecule has 0 amide bonds. The number of aryl methyl sites for hydroxylation is 2. The van der Waals surface area contributed by atoms with Gasteiger partial charge in [-0.3, -0.25) is 4.68 Å². The number of aromatic nitrogens is 2. The number of hydrogen-bond donors (Lipinski definition) is 1. The molecule has 0 atom stereocenters. The predicted octanol–water partition coefficient (Wildman–Crippen LogP) is 2.42. The van der Waals surface area contributed by atoms with Crippen LogP contribution in [0.1, 0.15) is 16.8 Å². The lowest BCUT2D eigenvalue weighted by molar-refractivity contribution is 0.740. The summed E-state index contributed by atoms with van der Waals surface area (Å²) in [4.78, 5) is 0. The highest BCUT2D eigenvalue weighted by Crippen LogP contribution is 2.27. The van der Waals surface area contributed by atoms with Gasteiger partial charge in [-0.25, -0.2) is 0 Å². The first-order chi connectivity index (χ1) is 8.13. The van der Waals surface area contributed by atoms with E-state index < -0.39 is 0 Å². The van der Waals surface area contributed by atoms with Crippen molar-refractivity contribution in [2.45, 2.75) is 20.4 Å². The molecule has 0 aliphatic heterocycles. The van der Waals surface area contributed by atoms with Crippen LogP contribution in [0.3, 0.4) is 0 Å². The number of benzene rings is 1. The van der Waals surface area contributed by atoms with Gasteiger partial charge in [0.1, 0.15) is 0 Å². The summed E-state index contributed by atoms with van der Waals surface area (Å²) >= 11 is 0. The summed E-state index contributed by atoms with van der Waals surface area (Å²) in [6.45, 7) is 5.14. The van der Waals surface area contributed by atoms with Crippen molar-refractivity contribution in [3.05, 3.63) is 41.2 Å². The monoisotopic (exact) mass is 229 g/mol. The van der Waals surface area contributed by atoms with Crippen molar-refractivity contribution in [1.82, 2.24) is 15.1 Å². The summed E-state index contributed by atoms with van der Waals surface area (Å²) in [5, 5.41) is 7.49. The molecule has 2 rings (SSSR count). The second-order valence-corrected chi connectivity index (χ2v) is 4.45. The Bertz CT molecular complexity index is 526. The Morgan fingerprint density at radius 3 is 2.59 bits per heavy atom. The standard InChI is InChI=1S/C14H19N3/c1-10-5-6-12(8-15-3)7-13(10)14-9-16-17(4)11(14)2/h5-7,9,15H,8H2,1-4H3. The molecule has 1 heterocycles. The van der Waals surface area contributed by atoms with Crippen LogP contribution in [0.15, 0.2) is 24.4 Å². The third-order valence-corrected chi connectivity index (χ3v) is 3.21. The Labute approximate surface area is 102 Å². The van der Waals surface area contributed by atoms with Crippen molar-refractivity contribution in [2.75, 3.05) is 7.05 Å². The van der Waals surface area contributed by atoms with Gasteiger partial charge in [-0.1, -0.05) is 12.1 Å². The summed E-state index contributed by atoms with van der Waals surface area (Å²) in [5.41, 5.74) is 6.30. The van der Waals surface area contributed by atoms with Gasteiger partial charge in [0.25, 0.3) is 0 Å². The summed E-state index contributed by atoms with van der Waals surface area (Å²) in [7, 11) is 3.94. The van der Waals surface area contributed by atoms with E-state index in [1.165, 1.54) is 27.9 Å². The van der Waals surface area contributed by atoms with E-state index >= 15 is 0 Å². The zero-order valence-corrected chi connectivity index (χ0v) is 10.9. The van der Waals surface area contributed by atoms with Crippen molar-refractivity contribution in [3.8, 4) is 11.1 Å². The first-order valence-corrected chi connectivity index (χ1v) is 5.86. The lowest BCUT2D eigenvalue weighted by atomic mass is 9.98. The van der Waals surface area contributed by atoms with E-state index in [1.807, 2.05) is 25.0 Å². The third kappa shape index (κ3) is 2.24. The van der Waals surface area contributed by atoms with E-state index in [0.717, 1.165) is 6.54 Å². The molecule has 1 N–H and O–H groups in total. The van der Waals surface area contributed by atoms with Crippen LogP contribution in [0.4, 0.5) is 0 Å². The Hall–Kier alpha value is -1.61. The van der Waals surface area contributed by atoms with Crippen LogP contribution in [-0.2, 0) is 13.6 Å². The molecule has 0 fully saturated rings. The van der Waals surface area contributed by atoms with Gasteiger partial charge in [0, 0.05) is 24.8 Å². The molecule has 0 spiro atoms. The maximum atomic E-state index is 4.31.